The number of nitrogens with one attached hydrogen (secondary N) is 1. The summed E-state index contributed by atoms with van der Waals surface area (Å²) in [6, 6.07) is 1.06. The van der Waals surface area contributed by atoms with Crippen LogP contribution in [0.2, 0.25) is 0 Å². The first kappa shape index (κ1) is 9.96. The number of nitrogens with zero attached hydrogens (tertiary/aromatic N) is 1. The summed E-state index contributed by atoms with van der Waals surface area (Å²) in [6.07, 6.45) is 0. The molecular weight excluding hydrogens is 152 g/mol. The van der Waals surface area contributed by atoms with Crippen molar-refractivity contribution in [2.24, 2.45) is 5.92 Å². The van der Waals surface area contributed by atoms with E-state index >= 15 is 0 Å². The lowest BCUT2D eigenvalue weighted by Crippen LogP contribution is -2.35. The summed E-state index contributed by atoms with van der Waals surface area (Å²) < 4.78 is 0. The van der Waals surface area contributed by atoms with E-state index in [0.717, 1.165) is 13.1 Å². The lowest BCUT2D eigenvalue weighted by molar-refractivity contribution is 0.202. The van der Waals surface area contributed by atoms with Gasteiger partial charge in [-0.15, -0.1) is 0 Å². The normalized spacial score (nSPS) is 31.8. The van der Waals surface area contributed by atoms with Crippen LogP contribution in [0.25, 0.3) is 0 Å². The summed E-state index contributed by atoms with van der Waals surface area (Å²) in [7, 11) is 1.97. The fourth-order valence-corrected chi connectivity index (χ4v) is 1.84. The highest BCUT2D eigenvalue weighted by Gasteiger charge is 2.31. The van der Waals surface area contributed by atoms with Crippen LogP contribution in [0.1, 0.15) is 13.8 Å². The summed E-state index contributed by atoms with van der Waals surface area (Å²) in [4.78, 5) is 2.40. The predicted octanol–water partition coefficient (Wildman–Crippen LogP) is -0.0931. The summed E-state index contributed by atoms with van der Waals surface area (Å²) in [5.74, 6) is 0.414. The molecule has 1 saturated heterocycles. The molecule has 3 heteroatoms. The van der Waals surface area contributed by atoms with Crippen LogP contribution in [0.5, 0.6) is 0 Å². The average molecular weight is 172 g/mol. The van der Waals surface area contributed by atoms with E-state index < -0.39 is 0 Å². The number of aliphatic hydroxyl groups is 1. The number of hydrogen-bond donors (Lipinski definition) is 2. The molecule has 0 saturated carbocycles. The Hall–Kier alpha value is -0.120. The minimum Gasteiger partial charge on any atom is -0.396 e. The average Bonchev–Trinajstić information content (AvgIpc) is 2.46. The Labute approximate surface area is 74.8 Å². The highest BCUT2D eigenvalue weighted by atomic mass is 16.3. The van der Waals surface area contributed by atoms with Crippen LogP contribution >= 0.6 is 0 Å². The molecule has 0 unspecified atom stereocenters. The Kier molecular flexibility index (Phi) is 3.50. The predicted molar refractivity (Wildman–Crippen MR) is 50.1 cm³/mol. The number of likely N-dealkylation sites (tertiary alicyclic amines) is 1. The Morgan fingerprint density at radius 2 is 2.17 bits per heavy atom. The number of rotatable bonds is 3. The zero-order valence-corrected chi connectivity index (χ0v) is 8.25. The maximum atomic E-state index is 9.10. The van der Waals surface area contributed by atoms with Crippen molar-refractivity contribution in [3.8, 4) is 0 Å². The van der Waals surface area contributed by atoms with E-state index in [1.807, 2.05) is 7.05 Å². The van der Waals surface area contributed by atoms with Crippen LogP contribution < -0.4 is 5.32 Å². The van der Waals surface area contributed by atoms with Crippen LogP contribution in [0.15, 0.2) is 0 Å². The zero-order chi connectivity index (χ0) is 9.14. The summed E-state index contributed by atoms with van der Waals surface area (Å²) >= 11 is 0. The number of aliphatic hydroxyl groups excluding tert-OH is 1. The van der Waals surface area contributed by atoms with Gasteiger partial charge in [0.05, 0.1) is 0 Å². The Morgan fingerprint density at radius 1 is 1.50 bits per heavy atom. The molecule has 1 fully saturated rings. The van der Waals surface area contributed by atoms with Gasteiger partial charge in [-0.05, 0) is 20.9 Å². The third-order valence-corrected chi connectivity index (χ3v) is 2.80. The fraction of sp³-hybridized carbons (Fsp3) is 1.00. The van der Waals surface area contributed by atoms with Gasteiger partial charge in [0.25, 0.3) is 0 Å². The first-order chi connectivity index (χ1) is 5.69. The molecule has 72 valence electrons. The first-order valence-electron chi connectivity index (χ1n) is 4.71. The Balaban J connectivity index is 2.47. The molecule has 2 atom stereocenters. The highest BCUT2D eigenvalue weighted by Crippen LogP contribution is 2.18. The molecule has 0 bridgehead atoms. The summed E-state index contributed by atoms with van der Waals surface area (Å²) in [5, 5.41) is 12.3. The minimum atomic E-state index is 0.300. The monoisotopic (exact) mass is 172 g/mol. The van der Waals surface area contributed by atoms with Crippen LogP contribution in [0, 0.1) is 5.92 Å². The van der Waals surface area contributed by atoms with Crippen LogP contribution in [0.3, 0.4) is 0 Å². The van der Waals surface area contributed by atoms with Gasteiger partial charge in [0, 0.05) is 37.7 Å². The Bertz CT molecular complexity index is 126. The number of likely N-dealkylation sites (N-methyl/N-ethyl adjacent to an activating group) is 1. The molecule has 1 aliphatic heterocycles. The second-order valence-electron chi connectivity index (χ2n) is 3.89. The van der Waals surface area contributed by atoms with Gasteiger partial charge in [0.15, 0.2) is 0 Å². The maximum absolute atomic E-state index is 9.10. The van der Waals surface area contributed by atoms with Crippen molar-refractivity contribution in [2.45, 2.75) is 25.9 Å². The maximum Gasteiger partial charge on any atom is 0.0486 e. The van der Waals surface area contributed by atoms with Crippen molar-refractivity contribution in [1.82, 2.24) is 10.2 Å². The van der Waals surface area contributed by atoms with Crippen molar-refractivity contribution in [3.63, 3.8) is 0 Å². The summed E-state index contributed by atoms with van der Waals surface area (Å²) in [6.45, 7) is 6.80. The Morgan fingerprint density at radius 3 is 2.50 bits per heavy atom. The molecule has 0 spiro atoms. The molecule has 0 amide bonds. The highest BCUT2D eigenvalue weighted by molar-refractivity contribution is 4.88. The lowest BCUT2D eigenvalue weighted by atomic mass is 10.1. The van der Waals surface area contributed by atoms with E-state index in [1.165, 1.54) is 0 Å². The van der Waals surface area contributed by atoms with E-state index in [1.54, 1.807) is 0 Å². The van der Waals surface area contributed by atoms with Gasteiger partial charge < -0.3 is 10.4 Å². The van der Waals surface area contributed by atoms with Gasteiger partial charge in [0.1, 0.15) is 0 Å². The molecular formula is C9H20N2O. The first-order valence-corrected chi connectivity index (χ1v) is 4.71. The second-order valence-corrected chi connectivity index (χ2v) is 3.89. The molecule has 0 radical (unpaired) electrons. The number of hydrogen-bond acceptors (Lipinski definition) is 3. The molecule has 1 aliphatic rings. The van der Waals surface area contributed by atoms with Crippen LogP contribution in [-0.4, -0.2) is 48.8 Å². The van der Waals surface area contributed by atoms with Crippen molar-refractivity contribution in [1.29, 1.82) is 0 Å². The summed E-state index contributed by atoms with van der Waals surface area (Å²) in [5.41, 5.74) is 0. The molecule has 0 aromatic carbocycles. The lowest BCUT2D eigenvalue weighted by Gasteiger charge is -2.19. The van der Waals surface area contributed by atoms with Gasteiger partial charge in [-0.25, -0.2) is 0 Å². The third-order valence-electron chi connectivity index (χ3n) is 2.80. The van der Waals surface area contributed by atoms with Crippen molar-refractivity contribution in [3.05, 3.63) is 0 Å². The van der Waals surface area contributed by atoms with E-state index in [4.69, 9.17) is 5.11 Å². The van der Waals surface area contributed by atoms with Gasteiger partial charge >= 0.3 is 0 Å². The fourth-order valence-electron chi connectivity index (χ4n) is 1.84. The molecule has 0 aliphatic carbocycles. The van der Waals surface area contributed by atoms with Gasteiger partial charge in [-0.3, -0.25) is 4.90 Å². The van der Waals surface area contributed by atoms with Crippen LogP contribution in [-0.2, 0) is 0 Å². The van der Waals surface area contributed by atoms with Crippen molar-refractivity contribution >= 4 is 0 Å². The SMILES string of the molecule is CN[C@@H]1CN(C(C)C)C[C@@H]1CO. The van der Waals surface area contributed by atoms with E-state index in [0.29, 0.717) is 24.6 Å². The smallest absolute Gasteiger partial charge is 0.0486 e. The van der Waals surface area contributed by atoms with Gasteiger partial charge in [-0.2, -0.15) is 0 Å². The molecule has 0 aromatic heterocycles. The molecule has 3 nitrogen and oxygen atoms in total. The largest absolute Gasteiger partial charge is 0.396 e. The molecule has 2 N–H and O–H groups in total. The van der Waals surface area contributed by atoms with Crippen molar-refractivity contribution in [2.75, 3.05) is 26.7 Å². The molecule has 1 rings (SSSR count). The quantitative estimate of drug-likeness (QED) is 0.624. The molecule has 1 heterocycles. The minimum absolute atomic E-state index is 0.300. The van der Waals surface area contributed by atoms with Crippen LogP contribution in [0.4, 0.5) is 0 Å². The van der Waals surface area contributed by atoms with E-state index in [9.17, 15) is 0 Å². The standard InChI is InChI=1S/C9H20N2O/c1-7(2)11-4-8(6-12)9(5-11)10-3/h7-10,12H,4-6H2,1-3H3/t8-,9-/m1/s1. The molecule has 12 heavy (non-hydrogen) atoms. The van der Waals surface area contributed by atoms with Gasteiger partial charge in [0.2, 0.25) is 0 Å². The topological polar surface area (TPSA) is 35.5 Å². The van der Waals surface area contributed by atoms with E-state index in [2.05, 4.69) is 24.1 Å². The van der Waals surface area contributed by atoms with E-state index in [-0.39, 0.29) is 0 Å². The zero-order valence-electron chi connectivity index (χ0n) is 8.25. The second kappa shape index (κ2) is 4.21. The third kappa shape index (κ3) is 1.97. The van der Waals surface area contributed by atoms with Crippen molar-refractivity contribution < 1.29 is 5.11 Å². The van der Waals surface area contributed by atoms with Gasteiger partial charge in [-0.1, -0.05) is 0 Å². The molecule has 0 aromatic rings.